The molecule has 1 saturated carbocycles. The number of carbonyl (C=O) groups excluding carboxylic acids is 1. The van der Waals surface area contributed by atoms with E-state index in [0.29, 0.717) is 12.8 Å². The zero-order valence-corrected chi connectivity index (χ0v) is 24.9. The fourth-order valence-corrected chi connectivity index (χ4v) is 6.45. The van der Waals surface area contributed by atoms with Crippen molar-refractivity contribution >= 4 is 5.91 Å². The Hall–Kier alpha value is -0.890. The highest BCUT2D eigenvalue weighted by atomic mass is 16.7. The zero-order chi connectivity index (χ0) is 29.8. The summed E-state index contributed by atoms with van der Waals surface area (Å²) in [6, 6.07) is -0.738. The maximum atomic E-state index is 12.9. The van der Waals surface area contributed by atoms with E-state index in [0.717, 1.165) is 19.3 Å². The monoisotopic (exact) mass is 575 g/mol. The second-order valence-electron chi connectivity index (χ2n) is 12.2. The molecule has 14 atom stereocenters. The lowest BCUT2D eigenvalue weighted by molar-refractivity contribution is -0.344. The molecule has 1 amide bonds. The van der Waals surface area contributed by atoms with Crippen molar-refractivity contribution in [2.24, 2.45) is 17.8 Å². The Morgan fingerprint density at radius 3 is 2.27 bits per heavy atom. The molecule has 0 aromatic carbocycles. The van der Waals surface area contributed by atoms with Crippen LogP contribution >= 0.6 is 0 Å². The van der Waals surface area contributed by atoms with E-state index in [-0.39, 0.29) is 30.8 Å². The number of aliphatic hydroxyl groups excluding tert-OH is 4. The van der Waals surface area contributed by atoms with Crippen molar-refractivity contribution in [2.75, 3.05) is 6.61 Å². The molecule has 11 nitrogen and oxygen atoms in total. The van der Waals surface area contributed by atoms with E-state index in [9.17, 15) is 30.3 Å². The molecular weight excluding hydrogens is 522 g/mol. The third-order valence-corrected chi connectivity index (χ3v) is 9.23. The Balaban J connectivity index is 1.93. The quantitative estimate of drug-likeness (QED) is 0.211. The first-order valence-corrected chi connectivity index (χ1v) is 15.2. The number of aliphatic hydroxyl groups is 5. The van der Waals surface area contributed by atoms with Gasteiger partial charge in [-0.1, -0.05) is 48.0 Å². The maximum Gasteiger partial charge on any atom is 0.249 e. The van der Waals surface area contributed by atoms with Gasteiger partial charge in [0.15, 0.2) is 12.6 Å². The lowest BCUT2D eigenvalue weighted by Crippen LogP contribution is -2.70. The van der Waals surface area contributed by atoms with Crippen LogP contribution in [0.5, 0.6) is 0 Å². The maximum absolute atomic E-state index is 12.9. The molecule has 11 heteroatoms. The number of hydrogen-bond donors (Lipinski definition) is 6. The summed E-state index contributed by atoms with van der Waals surface area (Å²) in [5.41, 5.74) is -1.63. The lowest BCUT2D eigenvalue weighted by atomic mass is 9.69. The van der Waals surface area contributed by atoms with Gasteiger partial charge in [0.25, 0.3) is 0 Å². The van der Waals surface area contributed by atoms with Crippen LogP contribution in [0.4, 0.5) is 0 Å². The van der Waals surface area contributed by atoms with Gasteiger partial charge in [-0.05, 0) is 44.4 Å². The molecule has 2 heterocycles. The molecule has 2 saturated heterocycles. The van der Waals surface area contributed by atoms with Gasteiger partial charge in [0.1, 0.15) is 30.0 Å². The van der Waals surface area contributed by atoms with Crippen LogP contribution in [-0.2, 0) is 23.7 Å². The molecule has 1 aliphatic carbocycles. The topological polar surface area (TPSA) is 167 Å². The standard InChI is InChI=1S/C29H53NO10/c1-7-10-20(32)26(35)30-19-13-16(5)24(39-27-15(4)11-12-18(8-2)37-27)29(36,9-3)25(19)40-28-23(34)17(6)22(33)21(14-31)38-28/h15-25,27-28,31-34,36H,7-14H2,1-6H3,(H,30,35)/t15?,16-,17-,18+,19+,20-,21?,22+,23?,24?,25+,27-,28-,29?/m0/s1. The van der Waals surface area contributed by atoms with Crippen LogP contribution in [0, 0.1) is 17.8 Å². The summed E-state index contributed by atoms with van der Waals surface area (Å²) in [6.07, 6.45) is -3.92. The molecule has 3 aliphatic rings. The number of ether oxygens (including phenoxy) is 4. The fourth-order valence-electron chi connectivity index (χ4n) is 6.45. The largest absolute Gasteiger partial charge is 0.394 e. The Bertz CT molecular complexity index is 801. The van der Waals surface area contributed by atoms with Crippen LogP contribution in [0.25, 0.3) is 0 Å². The SMILES string of the molecule is CCC[C@H](O)C(=O)N[C@@H]1C[C@H](C)C(O[C@@H]2O[C@H](CC)CCC2C)C(O)(CC)[C@@H]1O[C@@H]1OC(CO)[C@H](O)[C@H](C)C1O. The molecule has 0 bridgehead atoms. The second kappa shape index (κ2) is 14.5. The van der Waals surface area contributed by atoms with E-state index in [4.69, 9.17) is 18.9 Å². The third kappa shape index (κ3) is 7.18. The van der Waals surface area contributed by atoms with Gasteiger partial charge in [0, 0.05) is 11.8 Å². The van der Waals surface area contributed by atoms with Gasteiger partial charge in [-0.25, -0.2) is 0 Å². The third-order valence-electron chi connectivity index (χ3n) is 9.23. The summed E-state index contributed by atoms with van der Waals surface area (Å²) in [4.78, 5) is 12.9. The molecule has 0 spiro atoms. The summed E-state index contributed by atoms with van der Waals surface area (Å²) >= 11 is 0. The molecule has 234 valence electrons. The van der Waals surface area contributed by atoms with Crippen molar-refractivity contribution in [3.63, 3.8) is 0 Å². The fraction of sp³-hybridized carbons (Fsp3) is 0.966. The Morgan fingerprint density at radius 1 is 1.00 bits per heavy atom. The van der Waals surface area contributed by atoms with Crippen LogP contribution in [-0.4, -0.2) is 105 Å². The zero-order valence-electron chi connectivity index (χ0n) is 24.9. The first-order valence-electron chi connectivity index (χ1n) is 15.2. The van der Waals surface area contributed by atoms with Gasteiger partial charge in [0.2, 0.25) is 5.91 Å². The van der Waals surface area contributed by atoms with Crippen LogP contribution in [0.3, 0.4) is 0 Å². The molecule has 3 fully saturated rings. The molecule has 40 heavy (non-hydrogen) atoms. The van der Waals surface area contributed by atoms with Crippen molar-refractivity contribution in [1.82, 2.24) is 5.32 Å². The van der Waals surface area contributed by atoms with Gasteiger partial charge in [-0.2, -0.15) is 0 Å². The Morgan fingerprint density at radius 2 is 1.68 bits per heavy atom. The number of amides is 1. The van der Waals surface area contributed by atoms with E-state index in [1.54, 1.807) is 13.8 Å². The minimum Gasteiger partial charge on any atom is -0.394 e. The summed E-state index contributed by atoms with van der Waals surface area (Å²) < 4.78 is 24.9. The second-order valence-corrected chi connectivity index (χ2v) is 12.2. The average molecular weight is 576 g/mol. The Labute approximate surface area is 238 Å². The lowest BCUT2D eigenvalue weighted by Gasteiger charge is -2.54. The minimum absolute atomic E-state index is 0.0723. The van der Waals surface area contributed by atoms with E-state index in [1.165, 1.54) is 0 Å². The van der Waals surface area contributed by atoms with Crippen LogP contribution in [0.2, 0.25) is 0 Å². The van der Waals surface area contributed by atoms with E-state index >= 15 is 0 Å². The molecule has 0 aromatic rings. The highest BCUT2D eigenvalue weighted by molar-refractivity contribution is 5.80. The van der Waals surface area contributed by atoms with Crippen molar-refractivity contribution in [3.8, 4) is 0 Å². The summed E-state index contributed by atoms with van der Waals surface area (Å²) in [5.74, 6) is -1.35. The minimum atomic E-state index is -1.63. The summed E-state index contributed by atoms with van der Waals surface area (Å²) in [6.45, 7) is 10.9. The highest BCUT2D eigenvalue weighted by Gasteiger charge is 2.57. The van der Waals surface area contributed by atoms with Crippen LogP contribution < -0.4 is 5.32 Å². The average Bonchev–Trinajstić information content (AvgIpc) is 2.93. The van der Waals surface area contributed by atoms with E-state index < -0.39 is 79.3 Å². The smallest absolute Gasteiger partial charge is 0.249 e. The van der Waals surface area contributed by atoms with Crippen LogP contribution in [0.15, 0.2) is 0 Å². The highest BCUT2D eigenvalue weighted by Crippen LogP contribution is 2.43. The molecule has 2 aliphatic heterocycles. The molecule has 5 unspecified atom stereocenters. The number of nitrogens with one attached hydrogen (secondary N) is 1. The van der Waals surface area contributed by atoms with E-state index in [2.05, 4.69) is 19.2 Å². The summed E-state index contributed by atoms with van der Waals surface area (Å²) in [5, 5.41) is 56.7. The van der Waals surface area contributed by atoms with Gasteiger partial charge >= 0.3 is 0 Å². The van der Waals surface area contributed by atoms with Crippen molar-refractivity contribution in [2.45, 2.75) is 153 Å². The van der Waals surface area contributed by atoms with Crippen molar-refractivity contribution < 1.29 is 49.3 Å². The number of carbonyl (C=O) groups is 1. The van der Waals surface area contributed by atoms with Gasteiger partial charge < -0.3 is 49.8 Å². The van der Waals surface area contributed by atoms with Gasteiger partial charge in [0.05, 0.1) is 31.0 Å². The predicted octanol–water partition coefficient (Wildman–Crippen LogP) is 1.21. The molecule has 0 aromatic heterocycles. The first-order chi connectivity index (χ1) is 18.9. The van der Waals surface area contributed by atoms with Gasteiger partial charge in [-0.3, -0.25) is 4.79 Å². The molecule has 3 rings (SSSR count). The summed E-state index contributed by atoms with van der Waals surface area (Å²) in [7, 11) is 0. The predicted molar refractivity (Wildman–Crippen MR) is 146 cm³/mol. The molecule has 6 N–H and O–H groups in total. The number of rotatable bonds is 11. The molecule has 0 radical (unpaired) electrons. The van der Waals surface area contributed by atoms with Crippen molar-refractivity contribution in [3.05, 3.63) is 0 Å². The number of hydrogen-bond acceptors (Lipinski definition) is 10. The molecular formula is C29H53NO10. The van der Waals surface area contributed by atoms with Crippen molar-refractivity contribution in [1.29, 1.82) is 0 Å². The van der Waals surface area contributed by atoms with E-state index in [1.807, 2.05) is 13.8 Å². The Kier molecular flexibility index (Phi) is 12.2. The normalized spacial score (nSPS) is 45.2. The van der Waals surface area contributed by atoms with Gasteiger partial charge in [-0.15, -0.1) is 0 Å². The first kappa shape index (κ1) is 33.6. The van der Waals surface area contributed by atoms with Crippen LogP contribution in [0.1, 0.15) is 86.5 Å².